The SMILES string of the molecule is Cc1cccc(-n2cnc(N)n2)n1. The molecule has 0 amide bonds. The van der Waals surface area contributed by atoms with Crippen LogP contribution in [0.1, 0.15) is 5.69 Å². The van der Waals surface area contributed by atoms with Crippen molar-refractivity contribution in [3.8, 4) is 5.82 Å². The van der Waals surface area contributed by atoms with Crippen LogP contribution in [0.2, 0.25) is 0 Å². The molecule has 0 saturated heterocycles. The zero-order valence-electron chi connectivity index (χ0n) is 7.18. The normalized spacial score (nSPS) is 10.2. The van der Waals surface area contributed by atoms with Crippen LogP contribution in [0.3, 0.4) is 0 Å². The average molecular weight is 175 g/mol. The van der Waals surface area contributed by atoms with Crippen LogP contribution in [0, 0.1) is 6.92 Å². The Bertz CT molecular complexity index is 420. The maximum atomic E-state index is 5.38. The predicted octanol–water partition coefficient (Wildman–Crippen LogP) is 0.553. The summed E-state index contributed by atoms with van der Waals surface area (Å²) in [6.45, 7) is 1.92. The molecule has 0 bridgehead atoms. The Labute approximate surface area is 75.2 Å². The number of hydrogen-bond donors (Lipinski definition) is 1. The second kappa shape index (κ2) is 2.85. The van der Waals surface area contributed by atoms with Crippen LogP contribution in [-0.2, 0) is 0 Å². The molecule has 2 aromatic rings. The van der Waals surface area contributed by atoms with Crippen LogP contribution in [0.5, 0.6) is 0 Å². The molecule has 2 aromatic heterocycles. The van der Waals surface area contributed by atoms with Crippen LogP contribution in [0.25, 0.3) is 5.82 Å². The van der Waals surface area contributed by atoms with Gasteiger partial charge < -0.3 is 5.73 Å². The van der Waals surface area contributed by atoms with Crippen molar-refractivity contribution >= 4 is 5.95 Å². The molecule has 2 N–H and O–H groups in total. The first-order valence-electron chi connectivity index (χ1n) is 3.87. The molecule has 0 aromatic carbocycles. The van der Waals surface area contributed by atoms with Gasteiger partial charge in [-0.15, -0.1) is 5.10 Å². The summed E-state index contributed by atoms with van der Waals surface area (Å²) in [5.41, 5.74) is 6.32. The van der Waals surface area contributed by atoms with Gasteiger partial charge >= 0.3 is 0 Å². The van der Waals surface area contributed by atoms with E-state index in [-0.39, 0.29) is 5.95 Å². The summed E-state index contributed by atoms with van der Waals surface area (Å²) in [6.07, 6.45) is 1.54. The van der Waals surface area contributed by atoms with Crippen LogP contribution >= 0.6 is 0 Å². The van der Waals surface area contributed by atoms with Crippen molar-refractivity contribution < 1.29 is 0 Å². The Morgan fingerprint density at radius 3 is 2.85 bits per heavy atom. The third kappa shape index (κ3) is 1.48. The van der Waals surface area contributed by atoms with E-state index in [9.17, 15) is 0 Å². The van der Waals surface area contributed by atoms with Gasteiger partial charge in [0.2, 0.25) is 5.95 Å². The molecule has 5 heteroatoms. The van der Waals surface area contributed by atoms with Gasteiger partial charge in [-0.1, -0.05) is 6.07 Å². The quantitative estimate of drug-likeness (QED) is 0.687. The number of rotatable bonds is 1. The molecule has 0 radical (unpaired) electrons. The topological polar surface area (TPSA) is 69.6 Å². The number of hydrogen-bond acceptors (Lipinski definition) is 4. The summed E-state index contributed by atoms with van der Waals surface area (Å²) < 4.78 is 1.54. The number of nitrogen functional groups attached to an aromatic ring is 1. The number of aryl methyl sites for hydroxylation is 1. The summed E-state index contributed by atoms with van der Waals surface area (Å²) in [7, 11) is 0. The Morgan fingerprint density at radius 2 is 2.23 bits per heavy atom. The molecular formula is C8H9N5. The molecular weight excluding hydrogens is 166 g/mol. The van der Waals surface area contributed by atoms with Crippen molar-refractivity contribution in [2.75, 3.05) is 5.73 Å². The summed E-state index contributed by atoms with van der Waals surface area (Å²) in [4.78, 5) is 8.07. The van der Waals surface area contributed by atoms with Crippen molar-refractivity contribution in [2.24, 2.45) is 0 Å². The number of aromatic nitrogens is 4. The highest BCUT2D eigenvalue weighted by atomic mass is 15.4. The molecule has 5 nitrogen and oxygen atoms in total. The largest absolute Gasteiger partial charge is 0.366 e. The standard InChI is InChI=1S/C8H9N5/c1-6-3-2-4-7(11-6)13-5-10-8(9)12-13/h2-5H,1H3,(H2,9,12). The monoisotopic (exact) mass is 175 g/mol. The van der Waals surface area contributed by atoms with Gasteiger partial charge in [-0.2, -0.15) is 0 Å². The number of pyridine rings is 1. The molecule has 2 heterocycles. The van der Waals surface area contributed by atoms with E-state index in [1.807, 2.05) is 25.1 Å². The Hall–Kier alpha value is -1.91. The van der Waals surface area contributed by atoms with Crippen molar-refractivity contribution in [1.29, 1.82) is 0 Å². The zero-order chi connectivity index (χ0) is 9.26. The van der Waals surface area contributed by atoms with Gasteiger partial charge in [-0.05, 0) is 19.1 Å². The fourth-order valence-corrected chi connectivity index (χ4v) is 1.04. The number of anilines is 1. The summed E-state index contributed by atoms with van der Waals surface area (Å²) in [5.74, 6) is 0.979. The van der Waals surface area contributed by atoms with Crippen LogP contribution in [0.15, 0.2) is 24.5 Å². The lowest BCUT2D eigenvalue weighted by atomic mass is 10.4. The van der Waals surface area contributed by atoms with E-state index < -0.39 is 0 Å². The lowest BCUT2D eigenvalue weighted by molar-refractivity contribution is 0.843. The highest BCUT2D eigenvalue weighted by Gasteiger charge is 1.99. The first kappa shape index (κ1) is 7.72. The van der Waals surface area contributed by atoms with E-state index >= 15 is 0 Å². The first-order valence-corrected chi connectivity index (χ1v) is 3.87. The minimum Gasteiger partial charge on any atom is -0.366 e. The highest BCUT2D eigenvalue weighted by molar-refractivity contribution is 5.24. The van der Waals surface area contributed by atoms with Crippen molar-refractivity contribution in [3.05, 3.63) is 30.2 Å². The highest BCUT2D eigenvalue weighted by Crippen LogP contribution is 2.03. The van der Waals surface area contributed by atoms with Crippen molar-refractivity contribution in [3.63, 3.8) is 0 Å². The minimum atomic E-state index is 0.253. The smallest absolute Gasteiger partial charge is 0.239 e. The molecule has 0 aliphatic heterocycles. The van der Waals surface area contributed by atoms with Gasteiger partial charge in [0.15, 0.2) is 5.82 Å². The fraction of sp³-hybridized carbons (Fsp3) is 0.125. The molecule has 2 rings (SSSR count). The Balaban J connectivity index is 2.46. The van der Waals surface area contributed by atoms with Crippen LogP contribution < -0.4 is 5.73 Å². The van der Waals surface area contributed by atoms with Gasteiger partial charge in [0.1, 0.15) is 6.33 Å². The van der Waals surface area contributed by atoms with Gasteiger partial charge in [0.05, 0.1) is 0 Å². The third-order valence-electron chi connectivity index (χ3n) is 1.62. The van der Waals surface area contributed by atoms with Gasteiger partial charge in [-0.3, -0.25) is 0 Å². The van der Waals surface area contributed by atoms with E-state index in [1.54, 1.807) is 4.68 Å². The minimum absolute atomic E-state index is 0.253. The summed E-state index contributed by atoms with van der Waals surface area (Å²) in [6, 6.07) is 5.68. The second-order valence-corrected chi connectivity index (χ2v) is 2.68. The maximum Gasteiger partial charge on any atom is 0.239 e. The Morgan fingerprint density at radius 1 is 1.38 bits per heavy atom. The molecule has 0 unspecified atom stereocenters. The van der Waals surface area contributed by atoms with E-state index in [4.69, 9.17) is 5.73 Å². The molecule has 0 atom stereocenters. The van der Waals surface area contributed by atoms with E-state index in [0.29, 0.717) is 0 Å². The molecule has 13 heavy (non-hydrogen) atoms. The summed E-state index contributed by atoms with van der Waals surface area (Å²) in [5, 5.41) is 3.94. The lowest BCUT2D eigenvalue weighted by Gasteiger charge is -1.98. The maximum absolute atomic E-state index is 5.38. The lowest BCUT2D eigenvalue weighted by Crippen LogP contribution is -1.99. The van der Waals surface area contributed by atoms with E-state index in [2.05, 4.69) is 15.1 Å². The molecule has 0 fully saturated rings. The molecule has 0 aliphatic carbocycles. The van der Waals surface area contributed by atoms with Gasteiger partial charge in [-0.25, -0.2) is 14.6 Å². The molecule has 66 valence electrons. The van der Waals surface area contributed by atoms with Crippen molar-refractivity contribution in [2.45, 2.75) is 6.92 Å². The van der Waals surface area contributed by atoms with Gasteiger partial charge in [0.25, 0.3) is 0 Å². The second-order valence-electron chi connectivity index (χ2n) is 2.68. The van der Waals surface area contributed by atoms with Crippen LogP contribution in [0.4, 0.5) is 5.95 Å². The van der Waals surface area contributed by atoms with E-state index in [0.717, 1.165) is 11.5 Å². The summed E-state index contributed by atoms with van der Waals surface area (Å²) >= 11 is 0. The van der Waals surface area contributed by atoms with Crippen molar-refractivity contribution in [1.82, 2.24) is 19.7 Å². The van der Waals surface area contributed by atoms with E-state index in [1.165, 1.54) is 6.33 Å². The predicted molar refractivity (Wildman–Crippen MR) is 48.3 cm³/mol. The molecule has 0 aliphatic rings. The first-order chi connectivity index (χ1) is 6.25. The third-order valence-corrected chi connectivity index (χ3v) is 1.62. The van der Waals surface area contributed by atoms with Crippen LogP contribution in [-0.4, -0.2) is 19.7 Å². The molecule has 0 saturated carbocycles. The average Bonchev–Trinajstić information content (AvgIpc) is 2.52. The zero-order valence-corrected chi connectivity index (χ0v) is 7.18. The van der Waals surface area contributed by atoms with Gasteiger partial charge in [0, 0.05) is 5.69 Å². The number of nitrogens with two attached hydrogens (primary N) is 1. The fourth-order valence-electron chi connectivity index (χ4n) is 1.04. The molecule has 0 spiro atoms. The number of nitrogens with zero attached hydrogens (tertiary/aromatic N) is 4. The Kier molecular flexibility index (Phi) is 1.70.